The first-order chi connectivity index (χ1) is 13.3. The summed E-state index contributed by atoms with van der Waals surface area (Å²) in [5.41, 5.74) is 5.97. The number of benzene rings is 2. The van der Waals surface area contributed by atoms with Gasteiger partial charge in [-0.25, -0.2) is 0 Å². The predicted molar refractivity (Wildman–Crippen MR) is 110 cm³/mol. The van der Waals surface area contributed by atoms with E-state index in [4.69, 9.17) is 4.74 Å². The Morgan fingerprint density at radius 3 is 2.74 bits per heavy atom. The largest absolute Gasteiger partial charge is 0.497 e. The molecule has 2 bridgehead atoms. The normalized spacial score (nSPS) is 21.6. The molecule has 5 rings (SSSR count). The Hall–Kier alpha value is -2.26. The standard InChI is InChI=1S/C24H28N2O/c1-25-18-10-12-22(25)24-20-16-19(27-2)11-13-21(20)26(23(24)15-18)14-6-9-17-7-4-3-5-8-17/h3-5,7-8,11,13,16,18,22H,6,9-10,12,14-15H2,1-2H3. The molecule has 2 unspecified atom stereocenters. The highest BCUT2D eigenvalue weighted by Crippen LogP contribution is 2.47. The molecule has 140 valence electrons. The Morgan fingerprint density at radius 1 is 1.07 bits per heavy atom. The lowest BCUT2D eigenvalue weighted by Gasteiger charge is -2.32. The van der Waals surface area contributed by atoms with Gasteiger partial charge in [-0.3, -0.25) is 4.90 Å². The topological polar surface area (TPSA) is 17.4 Å². The summed E-state index contributed by atoms with van der Waals surface area (Å²) in [6.07, 6.45) is 6.11. The Bertz CT molecular complexity index is 959. The molecule has 3 heteroatoms. The monoisotopic (exact) mass is 360 g/mol. The van der Waals surface area contributed by atoms with E-state index in [1.807, 2.05) is 0 Å². The minimum Gasteiger partial charge on any atom is -0.497 e. The molecule has 1 saturated heterocycles. The van der Waals surface area contributed by atoms with Crippen LogP contribution in [0.2, 0.25) is 0 Å². The van der Waals surface area contributed by atoms with Crippen molar-refractivity contribution < 1.29 is 4.74 Å². The molecular weight excluding hydrogens is 332 g/mol. The maximum Gasteiger partial charge on any atom is 0.119 e. The Labute approximate surface area is 161 Å². The third-order valence-corrected chi connectivity index (χ3v) is 6.71. The Morgan fingerprint density at radius 2 is 1.93 bits per heavy atom. The SMILES string of the molecule is COc1ccc2c(c1)c1c(n2CCCc2ccccc2)CC2CCC1N2C. The van der Waals surface area contributed by atoms with Gasteiger partial charge >= 0.3 is 0 Å². The van der Waals surface area contributed by atoms with Crippen molar-refractivity contribution in [2.24, 2.45) is 0 Å². The molecule has 3 aromatic rings. The number of aryl methyl sites for hydroxylation is 2. The van der Waals surface area contributed by atoms with Crippen molar-refractivity contribution in [2.45, 2.75) is 50.7 Å². The van der Waals surface area contributed by atoms with Crippen LogP contribution in [0.15, 0.2) is 48.5 Å². The summed E-state index contributed by atoms with van der Waals surface area (Å²) in [5, 5.41) is 1.40. The third kappa shape index (κ3) is 2.76. The first kappa shape index (κ1) is 16.9. The number of methoxy groups -OCH3 is 1. The molecule has 3 heterocycles. The van der Waals surface area contributed by atoms with E-state index >= 15 is 0 Å². The summed E-state index contributed by atoms with van der Waals surface area (Å²) in [7, 11) is 4.08. The van der Waals surface area contributed by atoms with Crippen molar-refractivity contribution in [1.29, 1.82) is 0 Å². The molecule has 27 heavy (non-hydrogen) atoms. The number of aromatic nitrogens is 1. The molecule has 0 spiro atoms. The quantitative estimate of drug-likeness (QED) is 0.639. The number of fused-ring (bicyclic) bond motifs is 6. The van der Waals surface area contributed by atoms with Crippen LogP contribution in [0.4, 0.5) is 0 Å². The molecule has 2 aromatic carbocycles. The van der Waals surface area contributed by atoms with Crippen LogP contribution in [0.5, 0.6) is 5.75 Å². The van der Waals surface area contributed by atoms with E-state index in [-0.39, 0.29) is 0 Å². The summed E-state index contributed by atoms with van der Waals surface area (Å²) in [6.45, 7) is 1.09. The highest BCUT2D eigenvalue weighted by molar-refractivity contribution is 5.88. The molecule has 2 aliphatic rings. The van der Waals surface area contributed by atoms with Crippen molar-refractivity contribution in [3.05, 3.63) is 65.4 Å². The van der Waals surface area contributed by atoms with Gasteiger partial charge in [0.05, 0.1) is 7.11 Å². The molecule has 1 aromatic heterocycles. The van der Waals surface area contributed by atoms with Crippen molar-refractivity contribution in [3.63, 3.8) is 0 Å². The zero-order valence-corrected chi connectivity index (χ0v) is 16.3. The van der Waals surface area contributed by atoms with Gasteiger partial charge in [0.25, 0.3) is 0 Å². The minimum absolute atomic E-state index is 0.573. The van der Waals surface area contributed by atoms with Crippen molar-refractivity contribution in [1.82, 2.24) is 9.47 Å². The second-order valence-corrected chi connectivity index (χ2v) is 8.10. The average molecular weight is 361 g/mol. The second kappa shape index (κ2) is 6.72. The molecule has 1 fully saturated rings. The Kier molecular flexibility index (Phi) is 4.20. The maximum absolute atomic E-state index is 5.54. The lowest BCUT2D eigenvalue weighted by molar-refractivity contribution is 0.222. The van der Waals surface area contributed by atoms with E-state index in [1.165, 1.54) is 42.1 Å². The van der Waals surface area contributed by atoms with E-state index in [9.17, 15) is 0 Å². The van der Waals surface area contributed by atoms with Crippen LogP contribution >= 0.6 is 0 Å². The van der Waals surface area contributed by atoms with E-state index in [0.717, 1.165) is 18.7 Å². The lowest BCUT2D eigenvalue weighted by Crippen LogP contribution is -2.34. The van der Waals surface area contributed by atoms with Crippen LogP contribution in [0.25, 0.3) is 10.9 Å². The molecule has 0 aliphatic carbocycles. The number of hydrogen-bond acceptors (Lipinski definition) is 2. The number of nitrogens with zero attached hydrogens (tertiary/aromatic N) is 2. The first-order valence-electron chi connectivity index (χ1n) is 10.2. The van der Waals surface area contributed by atoms with Gasteiger partial charge in [0.2, 0.25) is 0 Å². The molecule has 0 amide bonds. The first-order valence-corrected chi connectivity index (χ1v) is 10.2. The zero-order valence-electron chi connectivity index (χ0n) is 16.3. The summed E-state index contributed by atoms with van der Waals surface area (Å²) in [6, 6.07) is 18.8. The number of likely N-dealkylation sites (N-methyl/N-ethyl adjacent to an activating group) is 1. The highest BCUT2D eigenvalue weighted by atomic mass is 16.5. The van der Waals surface area contributed by atoms with Crippen LogP contribution in [0.1, 0.15) is 42.1 Å². The third-order valence-electron chi connectivity index (χ3n) is 6.71. The van der Waals surface area contributed by atoms with E-state index in [2.05, 4.69) is 65.0 Å². The fraction of sp³-hybridized carbons (Fsp3) is 0.417. The summed E-state index contributed by atoms with van der Waals surface area (Å²) in [4.78, 5) is 2.61. The Balaban J connectivity index is 1.53. The summed E-state index contributed by atoms with van der Waals surface area (Å²) in [5.74, 6) is 0.967. The van der Waals surface area contributed by atoms with E-state index in [1.54, 1.807) is 18.4 Å². The highest BCUT2D eigenvalue weighted by Gasteiger charge is 2.40. The number of ether oxygens (including phenoxy) is 1. The number of hydrogen-bond donors (Lipinski definition) is 0. The zero-order chi connectivity index (χ0) is 18.4. The second-order valence-electron chi connectivity index (χ2n) is 8.10. The van der Waals surface area contributed by atoms with Crippen LogP contribution in [-0.4, -0.2) is 29.7 Å². The van der Waals surface area contributed by atoms with Gasteiger partial charge in [-0.2, -0.15) is 0 Å². The van der Waals surface area contributed by atoms with Crippen molar-refractivity contribution in [2.75, 3.05) is 14.2 Å². The van der Waals surface area contributed by atoms with Crippen molar-refractivity contribution >= 4 is 10.9 Å². The summed E-state index contributed by atoms with van der Waals surface area (Å²) < 4.78 is 8.16. The van der Waals surface area contributed by atoms with Gasteiger partial charge < -0.3 is 9.30 Å². The predicted octanol–water partition coefficient (Wildman–Crippen LogP) is 4.97. The number of rotatable bonds is 5. The van der Waals surface area contributed by atoms with E-state index < -0.39 is 0 Å². The minimum atomic E-state index is 0.573. The molecule has 3 nitrogen and oxygen atoms in total. The van der Waals surface area contributed by atoms with E-state index in [0.29, 0.717) is 12.1 Å². The van der Waals surface area contributed by atoms with Gasteiger partial charge in [-0.05, 0) is 62.1 Å². The smallest absolute Gasteiger partial charge is 0.119 e. The molecule has 0 N–H and O–H groups in total. The molecule has 2 atom stereocenters. The molecular formula is C24H28N2O. The van der Waals surface area contributed by atoms with Crippen LogP contribution < -0.4 is 4.74 Å². The fourth-order valence-electron chi connectivity index (χ4n) is 5.30. The average Bonchev–Trinajstić information content (AvgIpc) is 3.12. The van der Waals surface area contributed by atoms with Gasteiger partial charge in [-0.15, -0.1) is 0 Å². The maximum atomic E-state index is 5.54. The fourth-order valence-corrected chi connectivity index (χ4v) is 5.30. The van der Waals surface area contributed by atoms with Crippen LogP contribution in [0.3, 0.4) is 0 Å². The van der Waals surface area contributed by atoms with Gasteiger partial charge in [0.15, 0.2) is 0 Å². The van der Waals surface area contributed by atoms with Crippen LogP contribution in [-0.2, 0) is 19.4 Å². The van der Waals surface area contributed by atoms with Crippen LogP contribution in [0, 0.1) is 0 Å². The van der Waals surface area contributed by atoms with Gasteiger partial charge in [-0.1, -0.05) is 30.3 Å². The molecule has 0 saturated carbocycles. The molecule has 2 aliphatic heterocycles. The lowest BCUT2D eigenvalue weighted by atomic mass is 9.97. The summed E-state index contributed by atoms with van der Waals surface area (Å²) >= 11 is 0. The molecule has 0 radical (unpaired) electrons. The van der Waals surface area contributed by atoms with Crippen molar-refractivity contribution in [3.8, 4) is 5.75 Å². The van der Waals surface area contributed by atoms with Gasteiger partial charge in [0, 0.05) is 41.6 Å². The van der Waals surface area contributed by atoms with Gasteiger partial charge in [0.1, 0.15) is 5.75 Å².